The number of hydrogen-bond donors (Lipinski definition) is 3. The highest BCUT2D eigenvalue weighted by Crippen LogP contribution is 2.25. The summed E-state index contributed by atoms with van der Waals surface area (Å²) in [6, 6.07) is 0. The molecule has 0 bridgehead atoms. The molecule has 0 saturated carbocycles. The van der Waals surface area contributed by atoms with E-state index in [4.69, 9.17) is 9.84 Å². The Morgan fingerprint density at radius 3 is 2.71 bits per heavy atom. The fourth-order valence-electron chi connectivity index (χ4n) is 1.80. The quantitative estimate of drug-likeness (QED) is 0.508. The van der Waals surface area contributed by atoms with E-state index in [0.717, 1.165) is 4.90 Å². The SMILES string of the molecule is O=C1CS(=O)C=CN1C1O[C@H](CO)[C@@H](O)[C@H]1O. The lowest BCUT2D eigenvalue weighted by Gasteiger charge is -2.28. The van der Waals surface area contributed by atoms with Gasteiger partial charge in [-0.15, -0.1) is 0 Å². The van der Waals surface area contributed by atoms with Crippen molar-refractivity contribution in [1.82, 2.24) is 4.90 Å². The van der Waals surface area contributed by atoms with Crippen LogP contribution in [0.2, 0.25) is 0 Å². The summed E-state index contributed by atoms with van der Waals surface area (Å²) in [6.07, 6.45) is -3.26. The molecule has 1 fully saturated rings. The number of rotatable bonds is 2. The summed E-state index contributed by atoms with van der Waals surface area (Å²) < 4.78 is 16.3. The first-order valence-corrected chi connectivity index (χ1v) is 6.42. The summed E-state index contributed by atoms with van der Waals surface area (Å²) in [5.41, 5.74) is 0. The van der Waals surface area contributed by atoms with Gasteiger partial charge in [0.05, 0.1) is 17.4 Å². The van der Waals surface area contributed by atoms with Crippen LogP contribution in [0.1, 0.15) is 0 Å². The smallest absolute Gasteiger partial charge is 0.241 e. The molecule has 1 saturated heterocycles. The topological polar surface area (TPSA) is 107 Å². The van der Waals surface area contributed by atoms with Crippen LogP contribution >= 0.6 is 0 Å². The highest BCUT2D eigenvalue weighted by Gasteiger charge is 2.46. The third kappa shape index (κ3) is 2.26. The van der Waals surface area contributed by atoms with E-state index < -0.39 is 47.9 Å². The fraction of sp³-hybridized carbons (Fsp3) is 0.667. The molecule has 0 radical (unpaired) electrons. The molecular weight excluding hydrogens is 250 g/mol. The highest BCUT2D eigenvalue weighted by molar-refractivity contribution is 7.88. The summed E-state index contributed by atoms with van der Waals surface area (Å²) >= 11 is 0. The van der Waals surface area contributed by atoms with Crippen molar-refractivity contribution in [2.24, 2.45) is 0 Å². The summed E-state index contributed by atoms with van der Waals surface area (Å²) in [5, 5.41) is 29.5. The number of hydrogen-bond acceptors (Lipinski definition) is 6. The molecule has 2 heterocycles. The normalized spacial score (nSPS) is 42.2. The summed E-state index contributed by atoms with van der Waals surface area (Å²) in [5.74, 6) is -0.635. The molecule has 0 aliphatic carbocycles. The molecule has 17 heavy (non-hydrogen) atoms. The molecule has 0 spiro atoms. The van der Waals surface area contributed by atoms with Gasteiger partial charge in [-0.2, -0.15) is 0 Å². The molecule has 5 atom stereocenters. The van der Waals surface area contributed by atoms with Gasteiger partial charge in [-0.25, -0.2) is 0 Å². The van der Waals surface area contributed by atoms with E-state index in [2.05, 4.69) is 0 Å². The molecule has 0 aromatic rings. The first kappa shape index (κ1) is 12.7. The number of aliphatic hydroxyl groups is 3. The maximum Gasteiger partial charge on any atom is 0.241 e. The van der Waals surface area contributed by atoms with Crippen LogP contribution in [0.5, 0.6) is 0 Å². The highest BCUT2D eigenvalue weighted by atomic mass is 32.2. The number of nitrogens with zero attached hydrogens (tertiary/aromatic N) is 1. The number of amides is 1. The summed E-state index contributed by atoms with van der Waals surface area (Å²) in [7, 11) is -1.34. The Bertz CT molecular complexity index is 372. The van der Waals surface area contributed by atoms with Crippen LogP contribution in [0, 0.1) is 0 Å². The van der Waals surface area contributed by atoms with Crippen molar-refractivity contribution in [2.45, 2.75) is 24.5 Å². The van der Waals surface area contributed by atoms with Crippen LogP contribution < -0.4 is 0 Å². The van der Waals surface area contributed by atoms with Crippen molar-refractivity contribution in [3.63, 3.8) is 0 Å². The second-order valence-corrected chi connectivity index (χ2v) is 5.16. The molecule has 8 heteroatoms. The van der Waals surface area contributed by atoms with Crippen LogP contribution in [0.4, 0.5) is 0 Å². The van der Waals surface area contributed by atoms with Crippen LogP contribution in [-0.2, 0) is 20.3 Å². The maximum atomic E-state index is 11.6. The number of carbonyl (C=O) groups excluding carboxylic acids is 1. The number of carbonyl (C=O) groups is 1. The van der Waals surface area contributed by atoms with Gasteiger partial charge >= 0.3 is 0 Å². The van der Waals surface area contributed by atoms with E-state index in [9.17, 15) is 19.2 Å². The summed E-state index contributed by atoms with van der Waals surface area (Å²) in [6.45, 7) is -0.452. The molecule has 2 aliphatic heterocycles. The second-order valence-electron chi connectivity index (χ2n) is 3.84. The molecule has 0 aromatic carbocycles. The van der Waals surface area contributed by atoms with Gasteiger partial charge in [0.2, 0.25) is 5.91 Å². The molecule has 3 N–H and O–H groups in total. The molecule has 96 valence electrons. The third-order valence-corrected chi connectivity index (χ3v) is 3.68. The lowest BCUT2D eigenvalue weighted by Crippen LogP contribution is -2.47. The van der Waals surface area contributed by atoms with E-state index in [1.807, 2.05) is 0 Å². The lowest BCUT2D eigenvalue weighted by molar-refractivity contribution is -0.143. The van der Waals surface area contributed by atoms with E-state index >= 15 is 0 Å². The minimum absolute atomic E-state index is 0.178. The monoisotopic (exact) mass is 263 g/mol. The van der Waals surface area contributed by atoms with Crippen LogP contribution in [0.15, 0.2) is 11.6 Å². The molecule has 7 nitrogen and oxygen atoms in total. The van der Waals surface area contributed by atoms with Crippen LogP contribution in [-0.4, -0.2) is 67.2 Å². The minimum Gasteiger partial charge on any atom is -0.394 e. The molecule has 2 rings (SSSR count). The predicted octanol–water partition coefficient (Wildman–Crippen LogP) is -2.51. The minimum atomic E-state index is -1.34. The number of aliphatic hydroxyl groups excluding tert-OH is 3. The molecule has 0 aromatic heterocycles. The molecular formula is C9H13NO6S. The Morgan fingerprint density at radius 2 is 2.18 bits per heavy atom. The maximum absolute atomic E-state index is 11.6. The van der Waals surface area contributed by atoms with Gasteiger partial charge in [-0.3, -0.25) is 13.9 Å². The second kappa shape index (κ2) is 4.83. The van der Waals surface area contributed by atoms with E-state index in [0.29, 0.717) is 0 Å². The Hall–Kier alpha value is -0.800. The van der Waals surface area contributed by atoms with Gasteiger partial charge in [0.1, 0.15) is 24.1 Å². The zero-order valence-electron chi connectivity index (χ0n) is 8.80. The van der Waals surface area contributed by atoms with Crippen molar-refractivity contribution in [3.8, 4) is 0 Å². The average molecular weight is 263 g/mol. The Morgan fingerprint density at radius 1 is 1.47 bits per heavy atom. The van der Waals surface area contributed by atoms with Gasteiger partial charge in [-0.05, 0) is 0 Å². The van der Waals surface area contributed by atoms with E-state index in [-0.39, 0.29) is 5.75 Å². The van der Waals surface area contributed by atoms with E-state index in [1.54, 1.807) is 0 Å². The Labute approximate surface area is 99.7 Å². The van der Waals surface area contributed by atoms with Crippen molar-refractivity contribution in [3.05, 3.63) is 11.6 Å². The van der Waals surface area contributed by atoms with Gasteiger partial charge in [-0.1, -0.05) is 0 Å². The van der Waals surface area contributed by atoms with Crippen LogP contribution in [0.3, 0.4) is 0 Å². The van der Waals surface area contributed by atoms with Crippen molar-refractivity contribution in [1.29, 1.82) is 0 Å². The van der Waals surface area contributed by atoms with Crippen LogP contribution in [0.25, 0.3) is 0 Å². The van der Waals surface area contributed by atoms with Crippen molar-refractivity contribution in [2.75, 3.05) is 12.4 Å². The van der Waals surface area contributed by atoms with Gasteiger partial charge < -0.3 is 20.1 Å². The third-order valence-electron chi connectivity index (χ3n) is 2.72. The molecule has 2 unspecified atom stereocenters. The zero-order valence-corrected chi connectivity index (χ0v) is 9.62. The molecule has 2 aliphatic rings. The van der Waals surface area contributed by atoms with Crippen molar-refractivity contribution < 1.29 is 29.1 Å². The first-order valence-electron chi connectivity index (χ1n) is 5.03. The largest absolute Gasteiger partial charge is 0.394 e. The Balaban J connectivity index is 2.16. The van der Waals surface area contributed by atoms with E-state index in [1.165, 1.54) is 11.6 Å². The van der Waals surface area contributed by atoms with Gasteiger partial charge in [0, 0.05) is 11.6 Å². The zero-order chi connectivity index (χ0) is 12.6. The average Bonchev–Trinajstić information content (AvgIpc) is 2.57. The number of ether oxygens (including phenoxy) is 1. The Kier molecular flexibility index (Phi) is 3.59. The van der Waals surface area contributed by atoms with Gasteiger partial charge in [0.25, 0.3) is 0 Å². The predicted molar refractivity (Wildman–Crippen MR) is 56.8 cm³/mol. The first-order chi connectivity index (χ1) is 8.04. The lowest BCUT2D eigenvalue weighted by atomic mass is 10.1. The fourth-order valence-corrected chi connectivity index (χ4v) is 2.55. The van der Waals surface area contributed by atoms with Crippen molar-refractivity contribution >= 4 is 16.7 Å². The molecule has 1 amide bonds. The van der Waals surface area contributed by atoms with Gasteiger partial charge in [0.15, 0.2) is 6.23 Å². The summed E-state index contributed by atoms with van der Waals surface area (Å²) in [4.78, 5) is 12.7. The standard InChI is InChI=1S/C9H13NO6S/c11-3-5-7(13)8(14)9(16-5)10-1-2-17(15)4-6(10)12/h1-2,5,7-9,11,13-14H,3-4H2/t5-,7-,8-,9?,17?/m1/s1.